The Morgan fingerprint density at radius 1 is 1.04 bits per heavy atom. The van der Waals surface area contributed by atoms with E-state index in [4.69, 9.17) is 5.11 Å². The van der Waals surface area contributed by atoms with E-state index in [0.29, 0.717) is 25.3 Å². The molecule has 0 atom stereocenters. The van der Waals surface area contributed by atoms with Gasteiger partial charge in [-0.05, 0) is 6.07 Å². The molecule has 1 fully saturated rings. The second kappa shape index (κ2) is 7.31. The van der Waals surface area contributed by atoms with Crippen molar-refractivity contribution in [1.82, 2.24) is 29.5 Å². The Hall–Kier alpha value is -3.01. The number of nitrogens with zero attached hydrogens (tertiary/aromatic N) is 7. The van der Waals surface area contributed by atoms with Crippen molar-refractivity contribution >= 4 is 17.8 Å². The number of carbonyl (C=O) groups is 2. The second-order valence-electron chi connectivity index (χ2n) is 6.61. The minimum atomic E-state index is -1.11. The number of amides is 1. The number of carboxylic acid groups (broad SMARTS) is 1. The zero-order valence-corrected chi connectivity index (χ0v) is 14.9. The average molecular weight is 371 g/mol. The molecular weight excluding hydrogens is 350 g/mol. The Morgan fingerprint density at radius 3 is 2.48 bits per heavy atom. The zero-order chi connectivity index (χ0) is 18.8. The number of carbonyl (C=O) groups excluding carboxylic acids is 1. The smallest absolute Gasteiger partial charge is 0.356 e. The number of anilines is 1. The van der Waals surface area contributed by atoms with Gasteiger partial charge in [0.15, 0.2) is 5.69 Å². The van der Waals surface area contributed by atoms with Crippen LogP contribution in [0.5, 0.6) is 0 Å². The first-order valence-corrected chi connectivity index (χ1v) is 8.96. The minimum Gasteiger partial charge on any atom is -0.476 e. The molecule has 0 unspecified atom stereocenters. The fourth-order valence-electron chi connectivity index (χ4n) is 3.44. The van der Waals surface area contributed by atoms with Gasteiger partial charge >= 0.3 is 5.97 Å². The van der Waals surface area contributed by atoms with Crippen molar-refractivity contribution in [1.29, 1.82) is 0 Å². The summed E-state index contributed by atoms with van der Waals surface area (Å²) in [6.45, 7) is 5.96. The van der Waals surface area contributed by atoms with E-state index < -0.39 is 5.97 Å². The summed E-state index contributed by atoms with van der Waals surface area (Å²) in [6.07, 6.45) is 3.49. The molecule has 0 radical (unpaired) electrons. The van der Waals surface area contributed by atoms with E-state index in [0.717, 1.165) is 38.7 Å². The van der Waals surface area contributed by atoms with Crippen LogP contribution in [0.1, 0.15) is 21.0 Å². The predicted molar refractivity (Wildman–Crippen MR) is 95.8 cm³/mol. The van der Waals surface area contributed by atoms with Gasteiger partial charge in [-0.25, -0.2) is 14.8 Å². The van der Waals surface area contributed by atoms with Gasteiger partial charge in [0.1, 0.15) is 5.69 Å². The number of carboxylic acids is 1. The number of rotatable bonds is 5. The van der Waals surface area contributed by atoms with Crippen molar-refractivity contribution in [3.63, 3.8) is 0 Å². The molecular formula is C17H21N7O3. The van der Waals surface area contributed by atoms with Crippen molar-refractivity contribution in [2.75, 3.05) is 50.7 Å². The molecule has 0 aromatic carbocycles. The van der Waals surface area contributed by atoms with Crippen LogP contribution in [0.15, 0.2) is 24.5 Å². The Morgan fingerprint density at radius 2 is 1.78 bits per heavy atom. The van der Waals surface area contributed by atoms with Gasteiger partial charge in [-0.1, -0.05) is 0 Å². The van der Waals surface area contributed by atoms with Crippen molar-refractivity contribution < 1.29 is 14.7 Å². The van der Waals surface area contributed by atoms with Crippen LogP contribution in [0.3, 0.4) is 0 Å². The number of hydrogen-bond donors (Lipinski definition) is 1. The number of fused-ring (bicyclic) bond motifs is 1. The second-order valence-corrected chi connectivity index (χ2v) is 6.61. The Balaban J connectivity index is 1.30. The van der Waals surface area contributed by atoms with E-state index in [1.54, 1.807) is 23.4 Å². The molecule has 1 N–H and O–H groups in total. The van der Waals surface area contributed by atoms with Crippen LogP contribution in [-0.4, -0.2) is 92.3 Å². The summed E-state index contributed by atoms with van der Waals surface area (Å²) in [6, 6.07) is 3.16. The predicted octanol–water partition coefficient (Wildman–Crippen LogP) is -0.351. The van der Waals surface area contributed by atoms with E-state index in [1.165, 1.54) is 10.7 Å². The quantitative estimate of drug-likeness (QED) is 0.760. The van der Waals surface area contributed by atoms with Gasteiger partial charge in [-0.2, -0.15) is 5.10 Å². The molecule has 142 valence electrons. The van der Waals surface area contributed by atoms with Gasteiger partial charge in [0.2, 0.25) is 5.95 Å². The molecule has 27 heavy (non-hydrogen) atoms. The van der Waals surface area contributed by atoms with Crippen molar-refractivity contribution in [3.05, 3.63) is 35.9 Å². The Bertz CT molecular complexity index is 830. The summed E-state index contributed by atoms with van der Waals surface area (Å²) >= 11 is 0. The van der Waals surface area contributed by atoms with Crippen LogP contribution in [0.4, 0.5) is 5.95 Å². The third-order valence-electron chi connectivity index (χ3n) is 4.98. The molecule has 4 rings (SSSR count). The van der Waals surface area contributed by atoms with Crippen LogP contribution in [0, 0.1) is 0 Å². The molecule has 2 aliphatic rings. The lowest BCUT2D eigenvalue weighted by Crippen LogP contribution is -2.50. The summed E-state index contributed by atoms with van der Waals surface area (Å²) in [4.78, 5) is 38.5. The number of aromatic nitrogens is 4. The molecule has 0 spiro atoms. The number of aromatic carboxylic acids is 1. The van der Waals surface area contributed by atoms with Crippen molar-refractivity contribution in [3.8, 4) is 0 Å². The molecule has 10 heteroatoms. The molecule has 0 bridgehead atoms. The van der Waals surface area contributed by atoms with Crippen molar-refractivity contribution in [2.45, 2.75) is 6.54 Å². The van der Waals surface area contributed by atoms with E-state index in [2.05, 4.69) is 24.9 Å². The summed E-state index contributed by atoms with van der Waals surface area (Å²) in [5.74, 6) is -0.514. The van der Waals surface area contributed by atoms with E-state index in [-0.39, 0.29) is 11.6 Å². The van der Waals surface area contributed by atoms with Gasteiger partial charge in [0.25, 0.3) is 5.91 Å². The molecule has 2 aromatic heterocycles. The Kier molecular flexibility index (Phi) is 4.71. The van der Waals surface area contributed by atoms with Gasteiger partial charge in [0, 0.05) is 64.3 Å². The molecule has 0 saturated carbocycles. The summed E-state index contributed by atoms with van der Waals surface area (Å²) < 4.78 is 1.49. The molecule has 4 heterocycles. The van der Waals surface area contributed by atoms with Crippen molar-refractivity contribution in [2.24, 2.45) is 0 Å². The maximum absolute atomic E-state index is 12.6. The lowest BCUT2D eigenvalue weighted by Gasteiger charge is -2.36. The fourth-order valence-corrected chi connectivity index (χ4v) is 3.44. The van der Waals surface area contributed by atoms with Gasteiger partial charge in [-0.3, -0.25) is 14.4 Å². The third-order valence-corrected chi connectivity index (χ3v) is 4.98. The molecule has 0 aliphatic carbocycles. The highest BCUT2D eigenvalue weighted by molar-refractivity contribution is 5.96. The SMILES string of the molecule is O=C(O)c1cc2n(n1)CCN(CCN1CCN(c3ncccn3)CC1)C2=O. The summed E-state index contributed by atoms with van der Waals surface area (Å²) in [7, 11) is 0. The first-order valence-electron chi connectivity index (χ1n) is 8.96. The number of hydrogen-bond acceptors (Lipinski definition) is 7. The fraction of sp³-hybridized carbons (Fsp3) is 0.471. The lowest BCUT2D eigenvalue weighted by molar-refractivity contribution is 0.0664. The maximum Gasteiger partial charge on any atom is 0.356 e. The number of piperazine rings is 1. The van der Waals surface area contributed by atoms with E-state index >= 15 is 0 Å². The monoisotopic (exact) mass is 371 g/mol. The van der Waals surface area contributed by atoms with E-state index in [1.807, 2.05) is 0 Å². The lowest BCUT2D eigenvalue weighted by atomic mass is 10.2. The Labute approximate surface area is 156 Å². The van der Waals surface area contributed by atoms with Crippen LogP contribution in [0.2, 0.25) is 0 Å². The first kappa shape index (κ1) is 17.4. The topological polar surface area (TPSA) is 108 Å². The van der Waals surface area contributed by atoms with Crippen LogP contribution < -0.4 is 4.90 Å². The summed E-state index contributed by atoms with van der Waals surface area (Å²) in [5.41, 5.74) is 0.268. The third kappa shape index (κ3) is 3.61. The molecule has 2 aromatic rings. The highest BCUT2D eigenvalue weighted by Gasteiger charge is 2.28. The summed E-state index contributed by atoms with van der Waals surface area (Å²) in [5, 5.41) is 13.0. The minimum absolute atomic E-state index is 0.0838. The standard InChI is InChI=1S/C17H21N7O3/c25-15-14-12-13(16(26)27)20-24(14)11-10-22(15)7-4-21-5-8-23(9-6-21)17-18-2-1-3-19-17/h1-3,12H,4-11H2,(H,26,27). The van der Waals surface area contributed by atoms with Crippen LogP contribution in [0.25, 0.3) is 0 Å². The van der Waals surface area contributed by atoms with Gasteiger partial charge in [0.05, 0.1) is 6.54 Å². The molecule has 1 amide bonds. The molecule has 10 nitrogen and oxygen atoms in total. The maximum atomic E-state index is 12.6. The first-order chi connectivity index (χ1) is 13.1. The largest absolute Gasteiger partial charge is 0.476 e. The highest BCUT2D eigenvalue weighted by Crippen LogP contribution is 2.15. The molecule has 1 saturated heterocycles. The van der Waals surface area contributed by atoms with E-state index in [9.17, 15) is 9.59 Å². The van der Waals surface area contributed by atoms with Gasteiger partial charge < -0.3 is 14.9 Å². The molecule has 2 aliphatic heterocycles. The average Bonchev–Trinajstić information content (AvgIpc) is 3.14. The normalized spacial score (nSPS) is 17.9. The zero-order valence-electron chi connectivity index (χ0n) is 14.9. The van der Waals surface area contributed by atoms with Gasteiger partial charge in [-0.15, -0.1) is 0 Å². The van der Waals surface area contributed by atoms with Crippen LogP contribution >= 0.6 is 0 Å². The van der Waals surface area contributed by atoms with Crippen LogP contribution in [-0.2, 0) is 6.54 Å². The highest BCUT2D eigenvalue weighted by atomic mass is 16.4.